The van der Waals surface area contributed by atoms with Gasteiger partial charge < -0.3 is 10.5 Å². The molecule has 0 saturated heterocycles. The van der Waals surface area contributed by atoms with E-state index < -0.39 is 0 Å². The van der Waals surface area contributed by atoms with Crippen LogP contribution in [0.25, 0.3) is 0 Å². The molecule has 90 valence electrons. The molecule has 2 rings (SSSR count). The number of hydrogen-bond donors (Lipinski definition) is 1. The fourth-order valence-electron chi connectivity index (χ4n) is 1.66. The molecule has 0 radical (unpaired) electrons. The summed E-state index contributed by atoms with van der Waals surface area (Å²) in [6.45, 7) is 2.42. The average Bonchev–Trinajstić information content (AvgIpc) is 2.39. The van der Waals surface area contributed by atoms with Crippen molar-refractivity contribution in [3.63, 3.8) is 0 Å². The van der Waals surface area contributed by atoms with Gasteiger partial charge in [0.25, 0.3) is 0 Å². The fourth-order valence-corrected chi connectivity index (χ4v) is 1.66. The number of hydrogen-bond acceptors (Lipinski definition) is 3. The maximum Gasteiger partial charge on any atom is 0.122 e. The highest BCUT2D eigenvalue weighted by atomic mass is 16.5. The number of nitrogen functional groups attached to an aromatic ring is 1. The second-order valence-corrected chi connectivity index (χ2v) is 4.12. The van der Waals surface area contributed by atoms with E-state index in [9.17, 15) is 0 Å². The normalized spacial score (nSPS) is 9.78. The minimum Gasteiger partial charge on any atom is -0.489 e. The number of benzene rings is 2. The molecule has 0 bridgehead atoms. The van der Waals surface area contributed by atoms with Crippen LogP contribution in [0, 0.1) is 18.3 Å². The van der Waals surface area contributed by atoms with Crippen molar-refractivity contribution in [3.8, 4) is 11.8 Å². The van der Waals surface area contributed by atoms with Crippen molar-refractivity contribution in [2.45, 2.75) is 13.5 Å². The van der Waals surface area contributed by atoms with E-state index >= 15 is 0 Å². The first-order valence-electron chi connectivity index (χ1n) is 5.67. The summed E-state index contributed by atoms with van der Waals surface area (Å²) in [6, 6.07) is 15.1. The Morgan fingerprint density at radius 1 is 1.17 bits per heavy atom. The van der Waals surface area contributed by atoms with E-state index in [0.717, 1.165) is 22.6 Å². The van der Waals surface area contributed by atoms with Crippen molar-refractivity contribution >= 4 is 5.69 Å². The zero-order valence-electron chi connectivity index (χ0n) is 10.2. The molecule has 18 heavy (non-hydrogen) atoms. The molecule has 2 N–H and O–H groups in total. The number of aryl methyl sites for hydroxylation is 1. The summed E-state index contributed by atoms with van der Waals surface area (Å²) in [5.74, 6) is 0.797. The summed E-state index contributed by atoms with van der Waals surface area (Å²) in [5.41, 5.74) is 9.03. The molecule has 2 aromatic carbocycles. The van der Waals surface area contributed by atoms with Gasteiger partial charge in [-0.05, 0) is 48.4 Å². The summed E-state index contributed by atoms with van der Waals surface area (Å²) in [6.07, 6.45) is 0. The Kier molecular flexibility index (Phi) is 3.49. The molecule has 0 amide bonds. The minimum atomic E-state index is 0.493. The fraction of sp³-hybridized carbons (Fsp3) is 0.133. The first kappa shape index (κ1) is 12.0. The molecule has 0 aliphatic rings. The maximum atomic E-state index is 8.78. The van der Waals surface area contributed by atoms with Crippen molar-refractivity contribution in [2.75, 3.05) is 5.73 Å². The van der Waals surface area contributed by atoms with Crippen molar-refractivity contribution in [1.82, 2.24) is 0 Å². The van der Waals surface area contributed by atoms with Crippen LogP contribution in [0.15, 0.2) is 42.5 Å². The molecule has 2 aromatic rings. The maximum absolute atomic E-state index is 8.78. The number of ether oxygens (including phenoxy) is 1. The van der Waals surface area contributed by atoms with Crippen LogP contribution >= 0.6 is 0 Å². The van der Waals surface area contributed by atoms with Crippen LogP contribution in [0.4, 0.5) is 5.69 Å². The van der Waals surface area contributed by atoms with E-state index in [4.69, 9.17) is 15.7 Å². The Bertz CT molecular complexity index is 582. The van der Waals surface area contributed by atoms with Crippen LogP contribution in [0.1, 0.15) is 16.7 Å². The molecular formula is C15H14N2O. The summed E-state index contributed by atoms with van der Waals surface area (Å²) >= 11 is 0. The molecule has 0 aliphatic carbocycles. The first-order valence-corrected chi connectivity index (χ1v) is 5.67. The van der Waals surface area contributed by atoms with Crippen molar-refractivity contribution in [2.24, 2.45) is 0 Å². The summed E-state index contributed by atoms with van der Waals surface area (Å²) in [4.78, 5) is 0. The zero-order valence-corrected chi connectivity index (χ0v) is 10.2. The second kappa shape index (κ2) is 5.24. The molecule has 0 fully saturated rings. The monoisotopic (exact) mass is 238 g/mol. The van der Waals surface area contributed by atoms with Gasteiger partial charge in [0.2, 0.25) is 0 Å². The molecule has 3 heteroatoms. The van der Waals surface area contributed by atoms with E-state index in [0.29, 0.717) is 12.2 Å². The molecule has 3 nitrogen and oxygen atoms in total. The second-order valence-electron chi connectivity index (χ2n) is 4.12. The van der Waals surface area contributed by atoms with E-state index in [1.165, 1.54) is 0 Å². The molecule has 0 unspecified atom stereocenters. The van der Waals surface area contributed by atoms with Gasteiger partial charge >= 0.3 is 0 Å². The third-order valence-corrected chi connectivity index (χ3v) is 2.68. The largest absolute Gasteiger partial charge is 0.489 e. The van der Waals surface area contributed by atoms with Crippen molar-refractivity contribution in [1.29, 1.82) is 5.26 Å². The zero-order chi connectivity index (χ0) is 13.0. The van der Waals surface area contributed by atoms with Gasteiger partial charge in [-0.2, -0.15) is 5.26 Å². The average molecular weight is 238 g/mol. The lowest BCUT2D eigenvalue weighted by Gasteiger charge is -2.09. The Labute approximate surface area is 106 Å². The van der Waals surface area contributed by atoms with Crippen LogP contribution in [0.5, 0.6) is 5.75 Å². The van der Waals surface area contributed by atoms with Gasteiger partial charge in [0, 0.05) is 5.69 Å². The molecule has 0 aromatic heterocycles. The summed E-state index contributed by atoms with van der Waals surface area (Å²) < 4.78 is 5.71. The quantitative estimate of drug-likeness (QED) is 0.836. The highest BCUT2D eigenvalue weighted by molar-refractivity contribution is 5.42. The molecule has 0 saturated carbocycles. The van der Waals surface area contributed by atoms with Gasteiger partial charge in [-0.3, -0.25) is 0 Å². The highest BCUT2D eigenvalue weighted by Crippen LogP contribution is 2.20. The molecular weight excluding hydrogens is 224 g/mol. The Morgan fingerprint density at radius 3 is 2.50 bits per heavy atom. The Hall–Kier alpha value is -2.47. The third kappa shape index (κ3) is 2.80. The molecule has 0 atom stereocenters. The van der Waals surface area contributed by atoms with Crippen LogP contribution in [0.2, 0.25) is 0 Å². The van der Waals surface area contributed by atoms with Crippen LogP contribution in [-0.4, -0.2) is 0 Å². The summed E-state index contributed by atoms with van der Waals surface area (Å²) in [5, 5.41) is 8.78. The number of anilines is 1. The highest BCUT2D eigenvalue weighted by Gasteiger charge is 2.01. The number of nitrogens with zero attached hydrogens (tertiary/aromatic N) is 1. The van der Waals surface area contributed by atoms with Gasteiger partial charge in [-0.25, -0.2) is 0 Å². The van der Waals surface area contributed by atoms with E-state index in [2.05, 4.69) is 6.07 Å². The predicted molar refractivity (Wildman–Crippen MR) is 71.1 cm³/mol. The van der Waals surface area contributed by atoms with Crippen LogP contribution < -0.4 is 10.5 Å². The number of nitriles is 1. The van der Waals surface area contributed by atoms with Gasteiger partial charge in [0.15, 0.2) is 0 Å². The van der Waals surface area contributed by atoms with Crippen molar-refractivity contribution < 1.29 is 4.74 Å². The lowest BCUT2D eigenvalue weighted by atomic mass is 10.1. The molecule has 0 aliphatic heterocycles. The van der Waals surface area contributed by atoms with Crippen molar-refractivity contribution in [3.05, 3.63) is 59.2 Å². The molecule has 0 spiro atoms. The molecule has 0 heterocycles. The van der Waals surface area contributed by atoms with Gasteiger partial charge in [-0.15, -0.1) is 0 Å². The standard InChI is InChI=1S/C15H14N2O/c1-11-8-13(9-16)4-7-15(11)18-10-12-2-5-14(17)6-3-12/h2-8H,10,17H2,1H3. The smallest absolute Gasteiger partial charge is 0.122 e. The predicted octanol–water partition coefficient (Wildman–Crippen LogP) is 3.03. The van der Waals surface area contributed by atoms with E-state index in [-0.39, 0.29) is 0 Å². The summed E-state index contributed by atoms with van der Waals surface area (Å²) in [7, 11) is 0. The van der Waals surface area contributed by atoms with E-state index in [1.807, 2.05) is 43.3 Å². The lowest BCUT2D eigenvalue weighted by Crippen LogP contribution is -1.97. The Balaban J connectivity index is 2.06. The Morgan fingerprint density at radius 2 is 1.89 bits per heavy atom. The van der Waals surface area contributed by atoms with Crippen LogP contribution in [0.3, 0.4) is 0 Å². The SMILES string of the molecule is Cc1cc(C#N)ccc1OCc1ccc(N)cc1. The lowest BCUT2D eigenvalue weighted by molar-refractivity contribution is 0.304. The first-order chi connectivity index (χ1) is 8.69. The topological polar surface area (TPSA) is 59.0 Å². The third-order valence-electron chi connectivity index (χ3n) is 2.68. The number of rotatable bonds is 3. The van der Waals surface area contributed by atoms with E-state index in [1.54, 1.807) is 6.07 Å². The van der Waals surface area contributed by atoms with Crippen LogP contribution in [-0.2, 0) is 6.61 Å². The van der Waals surface area contributed by atoms with Gasteiger partial charge in [0.1, 0.15) is 12.4 Å². The van der Waals surface area contributed by atoms with Gasteiger partial charge in [0.05, 0.1) is 11.6 Å². The minimum absolute atomic E-state index is 0.493. The van der Waals surface area contributed by atoms with Gasteiger partial charge in [-0.1, -0.05) is 12.1 Å². The number of nitrogens with two attached hydrogens (primary N) is 1.